The summed E-state index contributed by atoms with van der Waals surface area (Å²) in [5.41, 5.74) is 1.85. The summed E-state index contributed by atoms with van der Waals surface area (Å²) in [7, 11) is 0. The number of nitrogens with zero attached hydrogens (tertiary/aromatic N) is 2. The van der Waals surface area contributed by atoms with Crippen molar-refractivity contribution in [2.45, 2.75) is 13.1 Å². The van der Waals surface area contributed by atoms with Crippen LogP contribution >= 0.6 is 0 Å². The minimum atomic E-state index is -0.883. The van der Waals surface area contributed by atoms with Gasteiger partial charge in [0.05, 0.1) is 12.1 Å². The minimum absolute atomic E-state index is 0.0133. The van der Waals surface area contributed by atoms with Crippen molar-refractivity contribution in [3.8, 4) is 5.75 Å². The molecule has 0 aliphatic rings. The van der Waals surface area contributed by atoms with Gasteiger partial charge in [-0.15, -0.1) is 0 Å². The lowest BCUT2D eigenvalue weighted by atomic mass is 10.1. The fourth-order valence-corrected chi connectivity index (χ4v) is 3.41. The van der Waals surface area contributed by atoms with Crippen molar-refractivity contribution < 1.29 is 23.5 Å². The fourth-order valence-electron chi connectivity index (χ4n) is 3.41. The molecule has 2 amide bonds. The highest BCUT2D eigenvalue weighted by molar-refractivity contribution is 6.05. The monoisotopic (exact) mass is 462 g/mol. The van der Waals surface area contributed by atoms with E-state index in [1.54, 1.807) is 10.9 Å². The van der Waals surface area contributed by atoms with Crippen LogP contribution in [-0.2, 0) is 13.1 Å². The average Bonchev–Trinajstić information content (AvgIpc) is 3.31. The van der Waals surface area contributed by atoms with Crippen LogP contribution in [0.5, 0.6) is 5.75 Å². The van der Waals surface area contributed by atoms with E-state index in [1.165, 1.54) is 18.2 Å². The van der Waals surface area contributed by atoms with Crippen LogP contribution in [0, 0.1) is 11.6 Å². The highest BCUT2D eigenvalue weighted by atomic mass is 19.1. The van der Waals surface area contributed by atoms with Crippen LogP contribution < -0.4 is 10.6 Å². The molecule has 3 aromatic carbocycles. The number of phenols is 1. The van der Waals surface area contributed by atoms with Crippen LogP contribution in [0.1, 0.15) is 31.8 Å². The van der Waals surface area contributed by atoms with E-state index >= 15 is 0 Å². The SMILES string of the molecule is O=C(Nc1ccc(C(=O)NCc2ccccc2Cn2cccn2)c(O)c1)c1cc(F)cc(F)c1. The molecule has 7 nitrogen and oxygen atoms in total. The second-order valence-corrected chi connectivity index (χ2v) is 7.50. The van der Waals surface area contributed by atoms with E-state index in [4.69, 9.17) is 0 Å². The van der Waals surface area contributed by atoms with Gasteiger partial charge in [-0.1, -0.05) is 24.3 Å². The standard InChI is InChI=1S/C25H20F2N4O3/c26-19-10-18(11-20(27)12-19)24(33)30-21-6-7-22(23(32)13-21)25(34)28-14-16-4-1-2-5-17(16)15-31-9-3-8-29-31/h1-13,32H,14-15H2,(H,28,34)(H,30,33). The van der Waals surface area contributed by atoms with Gasteiger partial charge in [-0.3, -0.25) is 14.3 Å². The molecular weight excluding hydrogens is 442 g/mol. The Morgan fingerprint density at radius 1 is 0.912 bits per heavy atom. The van der Waals surface area contributed by atoms with E-state index in [-0.39, 0.29) is 29.1 Å². The lowest BCUT2D eigenvalue weighted by Crippen LogP contribution is -2.24. The number of aromatic nitrogens is 2. The number of benzene rings is 3. The van der Waals surface area contributed by atoms with Crippen molar-refractivity contribution in [1.29, 1.82) is 0 Å². The van der Waals surface area contributed by atoms with Crippen LogP contribution in [0.25, 0.3) is 0 Å². The lowest BCUT2D eigenvalue weighted by Gasteiger charge is -2.12. The molecule has 4 rings (SSSR count). The van der Waals surface area contributed by atoms with Crippen molar-refractivity contribution in [3.05, 3.63) is 113 Å². The molecule has 3 N–H and O–H groups in total. The Morgan fingerprint density at radius 2 is 1.65 bits per heavy atom. The first-order valence-electron chi connectivity index (χ1n) is 10.3. The molecule has 0 saturated heterocycles. The number of hydrogen-bond acceptors (Lipinski definition) is 4. The highest BCUT2D eigenvalue weighted by Crippen LogP contribution is 2.23. The smallest absolute Gasteiger partial charge is 0.255 e. The first-order chi connectivity index (χ1) is 16.4. The van der Waals surface area contributed by atoms with Crippen LogP contribution in [0.15, 0.2) is 79.1 Å². The molecule has 4 aromatic rings. The van der Waals surface area contributed by atoms with E-state index in [9.17, 15) is 23.5 Å². The summed E-state index contributed by atoms with van der Waals surface area (Å²) in [6.07, 6.45) is 3.54. The van der Waals surface area contributed by atoms with Crippen LogP contribution in [0.4, 0.5) is 14.5 Å². The van der Waals surface area contributed by atoms with Gasteiger partial charge in [0.1, 0.15) is 17.4 Å². The minimum Gasteiger partial charge on any atom is -0.507 e. The van der Waals surface area contributed by atoms with Crippen LogP contribution in [-0.4, -0.2) is 26.7 Å². The van der Waals surface area contributed by atoms with Crippen molar-refractivity contribution in [2.75, 3.05) is 5.32 Å². The van der Waals surface area contributed by atoms with E-state index in [0.717, 1.165) is 23.3 Å². The Balaban J connectivity index is 1.41. The lowest BCUT2D eigenvalue weighted by molar-refractivity contribution is 0.0947. The Labute approximate surface area is 193 Å². The second-order valence-electron chi connectivity index (χ2n) is 7.50. The highest BCUT2D eigenvalue weighted by Gasteiger charge is 2.15. The Hall–Kier alpha value is -4.53. The molecule has 0 fully saturated rings. The molecular formula is C25H20F2N4O3. The number of amides is 2. The van der Waals surface area contributed by atoms with Gasteiger partial charge in [0.25, 0.3) is 11.8 Å². The third-order valence-corrected chi connectivity index (χ3v) is 5.07. The van der Waals surface area contributed by atoms with E-state index < -0.39 is 23.4 Å². The molecule has 0 radical (unpaired) electrons. The van der Waals surface area contributed by atoms with Crippen molar-refractivity contribution >= 4 is 17.5 Å². The molecule has 0 unspecified atom stereocenters. The fraction of sp³-hybridized carbons (Fsp3) is 0.0800. The predicted molar refractivity (Wildman–Crippen MR) is 121 cm³/mol. The molecule has 1 heterocycles. The Morgan fingerprint density at radius 3 is 2.32 bits per heavy atom. The number of anilines is 1. The third kappa shape index (κ3) is 5.44. The number of phenolic OH excluding ortho intramolecular Hbond substituents is 1. The number of carbonyl (C=O) groups is 2. The van der Waals surface area contributed by atoms with E-state index in [0.29, 0.717) is 12.6 Å². The number of carbonyl (C=O) groups excluding carboxylic acids is 2. The maximum atomic E-state index is 13.3. The first kappa shape index (κ1) is 22.7. The molecule has 1 aromatic heterocycles. The number of halogens is 2. The van der Waals surface area contributed by atoms with Crippen molar-refractivity contribution in [1.82, 2.24) is 15.1 Å². The average molecular weight is 462 g/mol. The van der Waals surface area contributed by atoms with E-state index in [1.807, 2.05) is 36.5 Å². The molecule has 172 valence electrons. The van der Waals surface area contributed by atoms with Gasteiger partial charge in [0.15, 0.2) is 0 Å². The van der Waals surface area contributed by atoms with Crippen molar-refractivity contribution in [2.24, 2.45) is 0 Å². The number of nitrogens with one attached hydrogen (secondary N) is 2. The van der Waals surface area contributed by atoms with Gasteiger partial charge in [0, 0.05) is 42.3 Å². The molecule has 0 bridgehead atoms. The molecule has 0 saturated carbocycles. The van der Waals surface area contributed by atoms with Gasteiger partial charge in [0.2, 0.25) is 0 Å². The van der Waals surface area contributed by atoms with Gasteiger partial charge in [-0.05, 0) is 41.5 Å². The second kappa shape index (κ2) is 9.95. The Bertz CT molecular complexity index is 1320. The van der Waals surface area contributed by atoms with Gasteiger partial charge in [-0.25, -0.2) is 8.78 Å². The molecule has 9 heteroatoms. The summed E-state index contributed by atoms with van der Waals surface area (Å²) in [6.45, 7) is 0.785. The maximum absolute atomic E-state index is 13.3. The molecule has 0 aliphatic carbocycles. The number of hydrogen-bond donors (Lipinski definition) is 3. The summed E-state index contributed by atoms with van der Waals surface area (Å²) in [5.74, 6) is -3.39. The third-order valence-electron chi connectivity index (χ3n) is 5.07. The topological polar surface area (TPSA) is 96.3 Å². The quantitative estimate of drug-likeness (QED) is 0.385. The zero-order valence-electron chi connectivity index (χ0n) is 17.8. The zero-order valence-corrected chi connectivity index (χ0v) is 17.8. The van der Waals surface area contributed by atoms with Gasteiger partial charge < -0.3 is 15.7 Å². The summed E-state index contributed by atoms with van der Waals surface area (Å²) >= 11 is 0. The Kier molecular flexibility index (Phi) is 6.63. The summed E-state index contributed by atoms with van der Waals surface area (Å²) in [5, 5.41) is 19.7. The molecule has 0 spiro atoms. The van der Waals surface area contributed by atoms with Crippen molar-refractivity contribution in [3.63, 3.8) is 0 Å². The largest absolute Gasteiger partial charge is 0.507 e. The molecule has 34 heavy (non-hydrogen) atoms. The maximum Gasteiger partial charge on any atom is 0.255 e. The van der Waals surface area contributed by atoms with Crippen LogP contribution in [0.2, 0.25) is 0 Å². The normalized spacial score (nSPS) is 10.6. The first-order valence-corrected chi connectivity index (χ1v) is 10.3. The summed E-state index contributed by atoms with van der Waals surface area (Å²) in [6, 6.07) is 15.8. The summed E-state index contributed by atoms with van der Waals surface area (Å²) < 4.78 is 28.5. The van der Waals surface area contributed by atoms with Gasteiger partial charge in [-0.2, -0.15) is 5.10 Å². The molecule has 0 aliphatic heterocycles. The van der Waals surface area contributed by atoms with E-state index in [2.05, 4.69) is 15.7 Å². The van der Waals surface area contributed by atoms with Gasteiger partial charge >= 0.3 is 0 Å². The number of aromatic hydroxyl groups is 1. The zero-order chi connectivity index (χ0) is 24.1. The van der Waals surface area contributed by atoms with Crippen LogP contribution in [0.3, 0.4) is 0 Å². The molecule has 0 atom stereocenters. The summed E-state index contributed by atoms with van der Waals surface area (Å²) in [4.78, 5) is 24.9. The number of rotatable bonds is 7. The predicted octanol–water partition coefficient (Wildman–Crippen LogP) is 4.10.